The molecule has 0 aliphatic carbocycles. The summed E-state index contributed by atoms with van der Waals surface area (Å²) >= 11 is 5.61. The van der Waals surface area contributed by atoms with Gasteiger partial charge in [0, 0.05) is 19.4 Å². The topological polar surface area (TPSA) is 73.2 Å². The standard InChI is InChI=1S/C19H17ClF3N3O3S/c1-26-9-8-24-18(26)17(12-4-3-5-13(10-12)29-2)25-30(27,28)14-6-7-16(20)15(11-14)19(21,22)23/h3-11,17,25H,1-2H3. The zero-order valence-electron chi connectivity index (χ0n) is 15.8. The van der Waals surface area contributed by atoms with E-state index >= 15 is 0 Å². The van der Waals surface area contributed by atoms with Gasteiger partial charge in [-0.05, 0) is 35.9 Å². The summed E-state index contributed by atoms with van der Waals surface area (Å²) in [6.07, 6.45) is -1.68. The maximum atomic E-state index is 13.2. The van der Waals surface area contributed by atoms with Crippen molar-refractivity contribution in [2.24, 2.45) is 7.05 Å². The Balaban J connectivity index is 2.07. The average Bonchev–Trinajstić information content (AvgIpc) is 3.11. The summed E-state index contributed by atoms with van der Waals surface area (Å²) in [5.41, 5.74) is -0.737. The van der Waals surface area contributed by atoms with Crippen LogP contribution in [0.2, 0.25) is 5.02 Å². The maximum absolute atomic E-state index is 13.2. The van der Waals surface area contributed by atoms with Crippen LogP contribution in [0.1, 0.15) is 23.0 Å². The zero-order valence-corrected chi connectivity index (χ0v) is 17.4. The van der Waals surface area contributed by atoms with Gasteiger partial charge in [0.25, 0.3) is 0 Å². The van der Waals surface area contributed by atoms with Gasteiger partial charge in [-0.3, -0.25) is 0 Å². The summed E-state index contributed by atoms with van der Waals surface area (Å²) in [7, 11) is -1.23. The van der Waals surface area contributed by atoms with Crippen molar-refractivity contribution in [1.29, 1.82) is 0 Å². The van der Waals surface area contributed by atoms with Crippen LogP contribution in [-0.4, -0.2) is 25.1 Å². The highest BCUT2D eigenvalue weighted by Crippen LogP contribution is 2.36. The lowest BCUT2D eigenvalue weighted by molar-refractivity contribution is -0.137. The fraction of sp³-hybridized carbons (Fsp3) is 0.211. The van der Waals surface area contributed by atoms with E-state index in [-0.39, 0.29) is 0 Å². The number of sulfonamides is 1. The predicted molar refractivity (Wildman–Crippen MR) is 105 cm³/mol. The molecule has 0 aliphatic heterocycles. The molecule has 3 aromatic rings. The molecule has 11 heteroatoms. The predicted octanol–water partition coefficient (Wildman–Crippen LogP) is 4.17. The van der Waals surface area contributed by atoms with E-state index in [0.717, 1.165) is 12.1 Å². The van der Waals surface area contributed by atoms with Crippen LogP contribution in [0.15, 0.2) is 59.8 Å². The molecule has 3 rings (SSSR count). The SMILES string of the molecule is COc1cccc(C(NS(=O)(=O)c2ccc(Cl)c(C(F)(F)F)c2)c2nccn2C)c1. The van der Waals surface area contributed by atoms with Gasteiger partial charge < -0.3 is 9.30 Å². The van der Waals surface area contributed by atoms with Crippen molar-refractivity contribution >= 4 is 21.6 Å². The third-order valence-electron chi connectivity index (χ3n) is 4.37. The number of ether oxygens (including phenoxy) is 1. The third kappa shape index (κ3) is 4.61. The van der Waals surface area contributed by atoms with E-state index in [1.807, 2.05) is 0 Å². The van der Waals surface area contributed by atoms with Gasteiger partial charge in [0.15, 0.2) is 0 Å². The van der Waals surface area contributed by atoms with Crippen LogP contribution >= 0.6 is 11.6 Å². The number of nitrogens with one attached hydrogen (secondary N) is 1. The summed E-state index contributed by atoms with van der Waals surface area (Å²) in [4.78, 5) is 3.62. The molecule has 0 saturated carbocycles. The Morgan fingerprint density at radius 1 is 1.20 bits per heavy atom. The molecule has 1 N–H and O–H groups in total. The molecule has 0 fully saturated rings. The number of aryl methyl sites for hydroxylation is 1. The monoisotopic (exact) mass is 459 g/mol. The number of rotatable bonds is 6. The minimum atomic E-state index is -4.80. The van der Waals surface area contributed by atoms with E-state index in [4.69, 9.17) is 16.3 Å². The highest BCUT2D eigenvalue weighted by molar-refractivity contribution is 7.89. The Morgan fingerprint density at radius 2 is 1.93 bits per heavy atom. The molecule has 0 amide bonds. The van der Waals surface area contributed by atoms with Crippen LogP contribution in [0.5, 0.6) is 5.75 Å². The molecule has 6 nitrogen and oxygen atoms in total. The number of aromatic nitrogens is 2. The molecule has 0 saturated heterocycles. The second kappa shape index (κ2) is 8.29. The molecule has 1 atom stereocenters. The molecule has 1 aromatic heterocycles. The van der Waals surface area contributed by atoms with Crippen LogP contribution in [0, 0.1) is 0 Å². The smallest absolute Gasteiger partial charge is 0.417 e. The first-order valence-corrected chi connectivity index (χ1v) is 10.4. The fourth-order valence-corrected chi connectivity index (χ4v) is 4.29. The normalized spacial score (nSPS) is 13.3. The molecule has 2 aromatic carbocycles. The van der Waals surface area contributed by atoms with Crippen molar-refractivity contribution in [2.45, 2.75) is 17.1 Å². The Morgan fingerprint density at radius 3 is 2.53 bits per heavy atom. The average molecular weight is 460 g/mol. The van der Waals surface area contributed by atoms with Gasteiger partial charge in [0.2, 0.25) is 10.0 Å². The number of hydrogen-bond donors (Lipinski definition) is 1. The number of imidazole rings is 1. The van der Waals surface area contributed by atoms with Gasteiger partial charge >= 0.3 is 6.18 Å². The fourth-order valence-electron chi connectivity index (χ4n) is 2.86. The first-order chi connectivity index (χ1) is 14.0. The van der Waals surface area contributed by atoms with Crippen molar-refractivity contribution in [3.63, 3.8) is 0 Å². The highest BCUT2D eigenvalue weighted by atomic mass is 35.5. The molecular formula is C19H17ClF3N3O3S. The molecule has 160 valence electrons. The van der Waals surface area contributed by atoms with Crippen molar-refractivity contribution < 1.29 is 26.3 Å². The summed E-state index contributed by atoms with van der Waals surface area (Å²) in [5.74, 6) is 0.827. The lowest BCUT2D eigenvalue weighted by atomic mass is 10.1. The summed E-state index contributed by atoms with van der Waals surface area (Å²) in [6.45, 7) is 0. The second-order valence-corrected chi connectivity index (χ2v) is 8.49. The number of alkyl halides is 3. The second-order valence-electron chi connectivity index (χ2n) is 6.37. The first kappa shape index (κ1) is 22.1. The number of halogens is 4. The lowest BCUT2D eigenvalue weighted by Gasteiger charge is -2.20. The third-order valence-corrected chi connectivity index (χ3v) is 6.12. The molecular weight excluding hydrogens is 443 g/mol. The van der Waals surface area contributed by atoms with Crippen molar-refractivity contribution in [1.82, 2.24) is 14.3 Å². The van der Waals surface area contributed by atoms with Crippen LogP contribution in [0.4, 0.5) is 13.2 Å². The van der Waals surface area contributed by atoms with Crippen LogP contribution in [-0.2, 0) is 23.2 Å². The molecule has 30 heavy (non-hydrogen) atoms. The zero-order chi connectivity index (χ0) is 22.1. The Bertz CT molecular complexity index is 1160. The lowest BCUT2D eigenvalue weighted by Crippen LogP contribution is -2.31. The highest BCUT2D eigenvalue weighted by Gasteiger charge is 2.35. The minimum absolute atomic E-state index is 0.344. The largest absolute Gasteiger partial charge is 0.497 e. The minimum Gasteiger partial charge on any atom is -0.497 e. The van der Waals surface area contributed by atoms with Crippen LogP contribution < -0.4 is 9.46 Å². The van der Waals surface area contributed by atoms with E-state index in [1.54, 1.807) is 42.1 Å². The van der Waals surface area contributed by atoms with E-state index < -0.39 is 37.7 Å². The van der Waals surface area contributed by atoms with Crippen LogP contribution in [0.3, 0.4) is 0 Å². The van der Waals surface area contributed by atoms with E-state index in [0.29, 0.717) is 23.2 Å². The summed E-state index contributed by atoms with van der Waals surface area (Å²) in [6, 6.07) is 8.07. The molecule has 1 unspecified atom stereocenters. The number of benzene rings is 2. The van der Waals surface area contributed by atoms with Gasteiger partial charge in [-0.15, -0.1) is 0 Å². The molecule has 0 spiro atoms. The van der Waals surface area contributed by atoms with Gasteiger partial charge in [-0.1, -0.05) is 23.7 Å². The van der Waals surface area contributed by atoms with Gasteiger partial charge in [-0.25, -0.2) is 13.4 Å². The Hall–Kier alpha value is -2.56. The summed E-state index contributed by atoms with van der Waals surface area (Å²) in [5, 5.41) is -0.588. The first-order valence-electron chi connectivity index (χ1n) is 8.53. The van der Waals surface area contributed by atoms with Crippen molar-refractivity contribution in [3.8, 4) is 5.75 Å². The van der Waals surface area contributed by atoms with Gasteiger partial charge in [0.05, 0.1) is 22.6 Å². The van der Waals surface area contributed by atoms with E-state index in [1.165, 1.54) is 13.3 Å². The van der Waals surface area contributed by atoms with Gasteiger partial charge in [0.1, 0.15) is 17.6 Å². The summed E-state index contributed by atoms with van der Waals surface area (Å²) < 4.78 is 74.7. The van der Waals surface area contributed by atoms with E-state index in [2.05, 4.69) is 9.71 Å². The molecule has 0 bridgehead atoms. The molecule has 0 radical (unpaired) electrons. The Labute approximate surface area is 176 Å². The molecule has 1 heterocycles. The van der Waals surface area contributed by atoms with E-state index in [9.17, 15) is 21.6 Å². The van der Waals surface area contributed by atoms with Crippen LogP contribution in [0.25, 0.3) is 0 Å². The number of methoxy groups -OCH3 is 1. The Kier molecular flexibility index (Phi) is 6.11. The van der Waals surface area contributed by atoms with Gasteiger partial charge in [-0.2, -0.15) is 17.9 Å². The van der Waals surface area contributed by atoms with Crippen molar-refractivity contribution in [2.75, 3.05) is 7.11 Å². The number of hydrogen-bond acceptors (Lipinski definition) is 4. The quantitative estimate of drug-likeness (QED) is 0.600. The maximum Gasteiger partial charge on any atom is 0.417 e. The van der Waals surface area contributed by atoms with Crippen molar-refractivity contribution in [3.05, 3.63) is 76.8 Å². The number of nitrogens with zero attached hydrogens (tertiary/aromatic N) is 2. The molecule has 0 aliphatic rings.